The Labute approximate surface area is 128 Å². The van der Waals surface area contributed by atoms with Crippen LogP contribution in [0, 0.1) is 6.92 Å². The molecule has 1 unspecified atom stereocenters. The summed E-state index contributed by atoms with van der Waals surface area (Å²) in [4.78, 5) is 26.1. The number of likely N-dealkylation sites (N-methyl/N-ethyl adjacent to an activating group) is 1. The van der Waals surface area contributed by atoms with Crippen molar-refractivity contribution in [2.45, 2.75) is 19.5 Å². The summed E-state index contributed by atoms with van der Waals surface area (Å²) in [5.41, 5.74) is 2.01. The number of carbonyl (C=O) groups excluding carboxylic acids is 2. The van der Waals surface area contributed by atoms with E-state index in [1.165, 1.54) is 0 Å². The average molecular weight is 301 g/mol. The Balaban J connectivity index is 1.68. The van der Waals surface area contributed by atoms with Gasteiger partial charge in [0.2, 0.25) is 0 Å². The summed E-state index contributed by atoms with van der Waals surface area (Å²) in [7, 11) is 3.51. The van der Waals surface area contributed by atoms with E-state index in [1.807, 2.05) is 29.8 Å². The lowest BCUT2D eigenvalue weighted by atomic mass is 10.1. The minimum atomic E-state index is -0.178. The van der Waals surface area contributed by atoms with Crippen molar-refractivity contribution in [2.24, 2.45) is 7.05 Å². The van der Waals surface area contributed by atoms with E-state index in [2.05, 4.69) is 10.4 Å². The molecule has 1 N–H and O–H groups in total. The van der Waals surface area contributed by atoms with Crippen molar-refractivity contribution in [1.82, 2.24) is 24.6 Å². The van der Waals surface area contributed by atoms with E-state index in [0.29, 0.717) is 24.5 Å². The van der Waals surface area contributed by atoms with Crippen molar-refractivity contribution in [3.05, 3.63) is 41.5 Å². The molecule has 0 aliphatic carbocycles. The van der Waals surface area contributed by atoms with Gasteiger partial charge in [-0.2, -0.15) is 5.10 Å². The van der Waals surface area contributed by atoms with Crippen LogP contribution in [0.25, 0.3) is 0 Å². The Bertz CT molecular complexity index is 730. The molecule has 116 valence electrons. The van der Waals surface area contributed by atoms with Gasteiger partial charge in [0, 0.05) is 33.4 Å². The summed E-state index contributed by atoms with van der Waals surface area (Å²) >= 11 is 0. The largest absolute Gasteiger partial charge is 0.349 e. The van der Waals surface area contributed by atoms with Gasteiger partial charge in [-0.3, -0.25) is 14.3 Å². The molecule has 7 nitrogen and oxygen atoms in total. The first-order valence-electron chi connectivity index (χ1n) is 7.18. The molecule has 2 aromatic rings. The van der Waals surface area contributed by atoms with Crippen molar-refractivity contribution in [3.8, 4) is 0 Å². The first-order chi connectivity index (χ1) is 10.5. The van der Waals surface area contributed by atoms with Crippen molar-refractivity contribution in [2.75, 3.05) is 13.6 Å². The molecule has 22 heavy (non-hydrogen) atoms. The zero-order valence-corrected chi connectivity index (χ0v) is 12.9. The first-order valence-corrected chi connectivity index (χ1v) is 7.18. The third-order valence-corrected chi connectivity index (χ3v) is 4.06. The molecule has 3 heterocycles. The fourth-order valence-electron chi connectivity index (χ4n) is 2.79. The SMILES string of the molecule is Cc1cc(C(=O)NCC2Cn3cccc3C(=O)N2C)n(C)n1. The van der Waals surface area contributed by atoms with Crippen molar-refractivity contribution in [3.63, 3.8) is 0 Å². The average Bonchev–Trinajstić information content (AvgIpc) is 3.07. The number of amides is 2. The quantitative estimate of drug-likeness (QED) is 0.893. The number of fused-ring (bicyclic) bond motifs is 1. The lowest BCUT2D eigenvalue weighted by molar-refractivity contribution is 0.0644. The molecular weight excluding hydrogens is 282 g/mol. The summed E-state index contributed by atoms with van der Waals surface area (Å²) < 4.78 is 3.48. The van der Waals surface area contributed by atoms with Gasteiger partial charge in [-0.25, -0.2) is 0 Å². The minimum Gasteiger partial charge on any atom is -0.349 e. The Morgan fingerprint density at radius 3 is 2.91 bits per heavy atom. The zero-order chi connectivity index (χ0) is 15.9. The van der Waals surface area contributed by atoms with Crippen LogP contribution in [0.15, 0.2) is 24.4 Å². The number of nitrogens with one attached hydrogen (secondary N) is 1. The summed E-state index contributed by atoms with van der Waals surface area (Å²) in [6, 6.07) is 5.35. The molecule has 2 aromatic heterocycles. The molecule has 7 heteroatoms. The summed E-state index contributed by atoms with van der Waals surface area (Å²) in [5, 5.41) is 7.05. The number of aryl methyl sites for hydroxylation is 2. The Morgan fingerprint density at radius 1 is 1.45 bits per heavy atom. The third-order valence-electron chi connectivity index (χ3n) is 4.06. The third kappa shape index (κ3) is 2.38. The summed E-state index contributed by atoms with van der Waals surface area (Å²) in [6.07, 6.45) is 1.89. The molecule has 0 saturated heterocycles. The highest BCUT2D eigenvalue weighted by atomic mass is 16.2. The molecule has 1 aliphatic rings. The van der Waals surface area contributed by atoms with Gasteiger partial charge in [0.15, 0.2) is 0 Å². The van der Waals surface area contributed by atoms with Gasteiger partial charge in [-0.15, -0.1) is 0 Å². The number of hydrogen-bond donors (Lipinski definition) is 1. The van der Waals surface area contributed by atoms with Gasteiger partial charge in [-0.1, -0.05) is 0 Å². The summed E-state index contributed by atoms with van der Waals surface area (Å²) in [6.45, 7) is 2.93. The Kier molecular flexibility index (Phi) is 3.48. The normalized spacial score (nSPS) is 17.5. The maximum atomic E-state index is 12.2. The molecule has 2 amide bonds. The van der Waals surface area contributed by atoms with Crippen LogP contribution >= 0.6 is 0 Å². The highest BCUT2D eigenvalue weighted by Gasteiger charge is 2.29. The van der Waals surface area contributed by atoms with Gasteiger partial charge >= 0.3 is 0 Å². The molecule has 3 rings (SSSR count). The minimum absolute atomic E-state index is 0.0214. The Morgan fingerprint density at radius 2 is 2.23 bits per heavy atom. The van der Waals surface area contributed by atoms with E-state index in [-0.39, 0.29) is 17.9 Å². The van der Waals surface area contributed by atoms with E-state index in [0.717, 1.165) is 5.69 Å². The van der Waals surface area contributed by atoms with E-state index in [1.54, 1.807) is 29.7 Å². The van der Waals surface area contributed by atoms with E-state index in [9.17, 15) is 9.59 Å². The van der Waals surface area contributed by atoms with Crippen LogP contribution in [0.1, 0.15) is 26.7 Å². The predicted molar refractivity (Wildman–Crippen MR) is 80.6 cm³/mol. The van der Waals surface area contributed by atoms with Crippen LogP contribution in [-0.2, 0) is 13.6 Å². The molecule has 0 fully saturated rings. The van der Waals surface area contributed by atoms with Crippen LogP contribution in [0.3, 0.4) is 0 Å². The standard InChI is InChI=1S/C15H19N5O2/c1-10-7-13(19(3)17-10)14(21)16-8-11-9-20-6-4-5-12(20)15(22)18(11)2/h4-7,11H,8-9H2,1-3H3,(H,16,21). The fraction of sp³-hybridized carbons (Fsp3) is 0.400. The van der Waals surface area contributed by atoms with Crippen LogP contribution in [0.4, 0.5) is 0 Å². The number of rotatable bonds is 3. The van der Waals surface area contributed by atoms with Gasteiger partial charge in [0.05, 0.1) is 11.7 Å². The zero-order valence-electron chi connectivity index (χ0n) is 12.9. The molecular formula is C15H19N5O2. The second-order valence-corrected chi connectivity index (χ2v) is 5.62. The van der Waals surface area contributed by atoms with Crippen LogP contribution in [-0.4, -0.2) is 50.7 Å². The molecule has 0 spiro atoms. The lowest BCUT2D eigenvalue weighted by Gasteiger charge is -2.33. The van der Waals surface area contributed by atoms with Crippen LogP contribution < -0.4 is 5.32 Å². The number of nitrogens with zero attached hydrogens (tertiary/aromatic N) is 4. The predicted octanol–water partition coefficient (Wildman–Crippen LogP) is 0.414. The fourth-order valence-corrected chi connectivity index (χ4v) is 2.79. The van der Waals surface area contributed by atoms with Crippen LogP contribution in [0.2, 0.25) is 0 Å². The number of aromatic nitrogens is 3. The number of hydrogen-bond acceptors (Lipinski definition) is 3. The van der Waals surface area contributed by atoms with E-state index < -0.39 is 0 Å². The molecule has 0 aromatic carbocycles. The highest BCUT2D eigenvalue weighted by Crippen LogP contribution is 2.16. The van der Waals surface area contributed by atoms with E-state index >= 15 is 0 Å². The van der Waals surface area contributed by atoms with Gasteiger partial charge in [-0.05, 0) is 25.1 Å². The molecule has 1 atom stereocenters. The first kappa shape index (κ1) is 14.4. The maximum Gasteiger partial charge on any atom is 0.270 e. The smallest absolute Gasteiger partial charge is 0.270 e. The molecule has 0 saturated carbocycles. The summed E-state index contributed by atoms with van der Waals surface area (Å²) in [5.74, 6) is -0.200. The lowest BCUT2D eigenvalue weighted by Crippen LogP contribution is -2.50. The second kappa shape index (κ2) is 5.32. The molecule has 0 bridgehead atoms. The van der Waals surface area contributed by atoms with Crippen molar-refractivity contribution >= 4 is 11.8 Å². The van der Waals surface area contributed by atoms with Gasteiger partial charge < -0.3 is 14.8 Å². The van der Waals surface area contributed by atoms with Crippen LogP contribution in [0.5, 0.6) is 0 Å². The number of carbonyl (C=O) groups is 2. The van der Waals surface area contributed by atoms with Crippen molar-refractivity contribution < 1.29 is 9.59 Å². The van der Waals surface area contributed by atoms with E-state index in [4.69, 9.17) is 0 Å². The van der Waals surface area contributed by atoms with Gasteiger partial charge in [0.25, 0.3) is 11.8 Å². The molecule has 1 aliphatic heterocycles. The monoisotopic (exact) mass is 301 g/mol. The molecule has 0 radical (unpaired) electrons. The highest BCUT2D eigenvalue weighted by molar-refractivity contribution is 5.94. The topological polar surface area (TPSA) is 72.2 Å². The second-order valence-electron chi connectivity index (χ2n) is 5.62. The van der Waals surface area contributed by atoms with Gasteiger partial charge in [0.1, 0.15) is 11.4 Å². The van der Waals surface area contributed by atoms with Crippen molar-refractivity contribution in [1.29, 1.82) is 0 Å². The maximum absolute atomic E-state index is 12.2. The Hall–Kier alpha value is -2.57.